The highest BCUT2D eigenvalue weighted by molar-refractivity contribution is 7.86. The van der Waals surface area contributed by atoms with Crippen molar-refractivity contribution in [3.63, 3.8) is 0 Å². The summed E-state index contributed by atoms with van der Waals surface area (Å²) in [5.74, 6) is 0. The van der Waals surface area contributed by atoms with Gasteiger partial charge in [-0.15, -0.1) is 0 Å². The van der Waals surface area contributed by atoms with E-state index in [1.165, 1.54) is 12.1 Å². The molecule has 0 heterocycles. The molecule has 1 aromatic rings. The van der Waals surface area contributed by atoms with Crippen molar-refractivity contribution in [1.29, 1.82) is 0 Å². The van der Waals surface area contributed by atoms with Crippen LogP contribution in [0.15, 0.2) is 29.2 Å². The number of nitro groups is 1. The molecular weight excluding hydrogens is 210 g/mol. The van der Waals surface area contributed by atoms with Gasteiger partial charge < -0.3 is 0 Å². The van der Waals surface area contributed by atoms with Gasteiger partial charge in [0, 0.05) is 6.07 Å². The molecule has 0 unspecified atom stereocenters. The van der Waals surface area contributed by atoms with Crippen molar-refractivity contribution in [2.75, 3.05) is 7.04 Å². The molecule has 0 amide bonds. The Balaban J connectivity index is 3.30. The number of hydrogen-bond donors (Lipinski definition) is 0. The fourth-order valence-electron chi connectivity index (χ4n) is 0.864. The Labute approximate surface area is 84.6 Å². The molecule has 1 rings (SSSR count). The van der Waals surface area contributed by atoms with E-state index in [9.17, 15) is 18.5 Å². The second-order valence-electron chi connectivity index (χ2n) is 2.26. The van der Waals surface area contributed by atoms with Gasteiger partial charge in [0.1, 0.15) is 0 Å². The lowest BCUT2D eigenvalue weighted by Gasteiger charge is -2.01. The average molecular weight is 220 g/mol. The van der Waals surface area contributed by atoms with Crippen molar-refractivity contribution < 1.29 is 21.6 Å². The van der Waals surface area contributed by atoms with E-state index in [0.717, 1.165) is 12.1 Å². The third-order valence-electron chi connectivity index (χ3n) is 1.44. The lowest BCUT2D eigenvalue weighted by Crippen LogP contribution is -2.06. The highest BCUT2D eigenvalue weighted by Crippen LogP contribution is 2.23. The Kier molecular flexibility index (Phi) is 1.84. The van der Waals surface area contributed by atoms with Crippen molar-refractivity contribution in [3.05, 3.63) is 34.4 Å². The van der Waals surface area contributed by atoms with Crippen LogP contribution >= 0.6 is 0 Å². The van der Waals surface area contributed by atoms with Crippen LogP contribution in [0.25, 0.3) is 0 Å². The largest absolute Gasteiger partial charge is 0.303 e. The van der Waals surface area contributed by atoms with Crippen LogP contribution in [0.2, 0.25) is 0 Å². The van der Waals surface area contributed by atoms with Crippen LogP contribution in [0, 0.1) is 10.1 Å². The number of nitro benzene ring substituents is 1. The second-order valence-corrected chi connectivity index (χ2v) is 3.78. The lowest BCUT2D eigenvalue weighted by molar-refractivity contribution is -0.387. The first-order valence-electron chi connectivity index (χ1n) is 4.82. The van der Waals surface area contributed by atoms with Crippen molar-refractivity contribution in [2.24, 2.45) is 0 Å². The molecule has 0 aromatic heterocycles. The summed E-state index contributed by atoms with van der Waals surface area (Å²) in [6.45, 7) is 0. The summed E-state index contributed by atoms with van der Waals surface area (Å²) in [6.07, 6.45) is 0. The summed E-state index contributed by atoms with van der Waals surface area (Å²) >= 11 is 0. The molecule has 7 heteroatoms. The minimum atomic E-state index is -4.70. The molecule has 0 atom stereocenters. The van der Waals surface area contributed by atoms with E-state index < -0.39 is 32.7 Å². The fourth-order valence-corrected chi connectivity index (χ4v) is 1.60. The van der Waals surface area contributed by atoms with Gasteiger partial charge in [0.2, 0.25) is 0 Å². The first-order chi connectivity index (χ1) is 7.63. The van der Waals surface area contributed by atoms with E-state index >= 15 is 0 Å². The monoisotopic (exact) mass is 220 g/mol. The van der Waals surface area contributed by atoms with Gasteiger partial charge in [-0.2, -0.15) is 8.42 Å². The minimum Gasteiger partial charge on any atom is -0.270 e. The molecule has 0 radical (unpaired) electrons. The Bertz CT molecular complexity index is 539. The maximum atomic E-state index is 11.5. The third-order valence-corrected chi connectivity index (χ3v) is 2.54. The van der Waals surface area contributed by atoms with E-state index in [1.54, 1.807) is 0 Å². The predicted molar refractivity (Wildman–Crippen MR) is 47.3 cm³/mol. The smallest absolute Gasteiger partial charge is 0.270 e. The van der Waals surface area contributed by atoms with Gasteiger partial charge in [0.05, 0.1) is 16.1 Å². The van der Waals surface area contributed by atoms with Crippen LogP contribution < -0.4 is 0 Å². The van der Waals surface area contributed by atoms with Crippen LogP contribution in [0.4, 0.5) is 5.69 Å². The number of hydrogen-bond acceptors (Lipinski definition) is 5. The zero-order valence-corrected chi connectivity index (χ0v) is 7.52. The maximum Gasteiger partial charge on any atom is 0.303 e. The summed E-state index contributed by atoms with van der Waals surface area (Å²) < 4.78 is 46.9. The quantitative estimate of drug-likeness (QED) is 0.429. The third kappa shape index (κ3) is 1.88. The molecule has 1 aromatic carbocycles. The van der Waals surface area contributed by atoms with E-state index in [-0.39, 0.29) is 0 Å². The van der Waals surface area contributed by atoms with Crippen LogP contribution in [0.1, 0.15) is 4.11 Å². The maximum absolute atomic E-state index is 11.5. The van der Waals surface area contributed by atoms with E-state index in [4.69, 9.17) is 4.11 Å². The zero-order valence-electron chi connectivity index (χ0n) is 9.71. The van der Waals surface area contributed by atoms with Crippen molar-refractivity contribution in [2.45, 2.75) is 4.90 Å². The van der Waals surface area contributed by atoms with Gasteiger partial charge in [-0.1, -0.05) is 12.1 Å². The van der Waals surface area contributed by atoms with Crippen LogP contribution in [-0.4, -0.2) is 20.4 Å². The topological polar surface area (TPSA) is 86.5 Å². The molecule has 0 fully saturated rings. The summed E-state index contributed by atoms with van der Waals surface area (Å²) in [4.78, 5) is 8.85. The minimum absolute atomic E-state index is 0.739. The van der Waals surface area contributed by atoms with Crippen molar-refractivity contribution in [1.82, 2.24) is 0 Å². The molecule has 6 nitrogen and oxygen atoms in total. The molecule has 0 aliphatic carbocycles. The highest BCUT2D eigenvalue weighted by atomic mass is 32.2. The molecule has 0 saturated heterocycles. The first-order valence-corrected chi connectivity index (χ1v) is 4.73. The molecule has 0 bridgehead atoms. The van der Waals surface area contributed by atoms with Gasteiger partial charge in [-0.3, -0.25) is 14.3 Å². The van der Waals surface area contributed by atoms with Crippen LogP contribution in [0.3, 0.4) is 0 Å². The summed E-state index contributed by atoms with van der Waals surface area (Å²) in [7, 11) is -7.89. The molecule has 0 saturated carbocycles. The molecule has 0 aliphatic heterocycles. The SMILES string of the molecule is [2H]C([2H])([2H])OS(=O)(=O)c1ccccc1[N+](=O)[O-]. The van der Waals surface area contributed by atoms with Crippen LogP contribution in [-0.2, 0) is 14.3 Å². The average Bonchev–Trinajstić information content (AvgIpc) is 2.14. The fraction of sp³-hybridized carbons (Fsp3) is 0.143. The summed E-state index contributed by atoms with van der Waals surface area (Å²) in [5, 5.41) is 10.6. The number of rotatable bonds is 3. The van der Waals surface area contributed by atoms with Crippen molar-refractivity contribution >= 4 is 15.8 Å². The van der Waals surface area contributed by atoms with Gasteiger partial charge in [0.25, 0.3) is 5.69 Å². The normalized spacial score (nSPS) is 15.3. The number of benzene rings is 1. The van der Waals surface area contributed by atoms with Crippen LogP contribution in [0.5, 0.6) is 0 Å². The molecule has 0 spiro atoms. The van der Waals surface area contributed by atoms with Crippen molar-refractivity contribution in [3.8, 4) is 0 Å². The molecular formula is C7H7NO5S. The van der Waals surface area contributed by atoms with E-state index in [2.05, 4.69) is 4.18 Å². The standard InChI is InChI=1S/C7H7NO5S/c1-13-14(11,12)7-5-3-2-4-6(7)8(9)10/h2-5H,1H3/i1D3. The van der Waals surface area contributed by atoms with Gasteiger partial charge in [-0.05, 0) is 6.07 Å². The Hall–Kier alpha value is -1.47. The molecule has 76 valence electrons. The second kappa shape index (κ2) is 3.72. The summed E-state index contributed by atoms with van der Waals surface area (Å²) in [6, 6.07) is 4.32. The first kappa shape index (κ1) is 6.91. The summed E-state index contributed by atoms with van der Waals surface area (Å²) in [5.41, 5.74) is -0.739. The van der Waals surface area contributed by atoms with E-state index in [1.807, 2.05) is 0 Å². The lowest BCUT2D eigenvalue weighted by atomic mass is 10.3. The molecule has 0 N–H and O–H groups in total. The van der Waals surface area contributed by atoms with E-state index in [0.29, 0.717) is 0 Å². The molecule has 14 heavy (non-hydrogen) atoms. The Morgan fingerprint density at radius 2 is 2.14 bits per heavy atom. The highest BCUT2D eigenvalue weighted by Gasteiger charge is 2.24. The number of para-hydroxylation sites is 1. The number of nitrogens with zero attached hydrogens (tertiary/aromatic N) is 1. The zero-order chi connectivity index (χ0) is 13.3. The van der Waals surface area contributed by atoms with Gasteiger partial charge >= 0.3 is 10.1 Å². The van der Waals surface area contributed by atoms with Gasteiger partial charge in [0.15, 0.2) is 4.90 Å². The predicted octanol–water partition coefficient (Wildman–Crippen LogP) is 0.930. The van der Waals surface area contributed by atoms with Gasteiger partial charge in [-0.25, -0.2) is 0 Å². The molecule has 0 aliphatic rings. The Morgan fingerprint density at radius 3 is 2.71 bits per heavy atom. The Morgan fingerprint density at radius 1 is 1.50 bits per heavy atom.